The monoisotopic (exact) mass is 333 g/mol. The summed E-state index contributed by atoms with van der Waals surface area (Å²) in [6.07, 6.45) is 3.47. The van der Waals surface area contributed by atoms with Crippen LogP contribution in [-0.2, 0) is 11.2 Å². The van der Waals surface area contributed by atoms with Crippen LogP contribution in [0.15, 0.2) is 39.9 Å². The van der Waals surface area contributed by atoms with E-state index in [4.69, 9.17) is 16.0 Å². The summed E-state index contributed by atoms with van der Waals surface area (Å²) in [7, 11) is 0. The summed E-state index contributed by atoms with van der Waals surface area (Å²) in [5.74, 6) is 2.10. The molecule has 3 aromatic rings. The fourth-order valence-corrected chi connectivity index (χ4v) is 3.16. The molecule has 0 saturated carbocycles. The highest BCUT2D eigenvalue weighted by molar-refractivity contribution is 7.98. The molecule has 0 aliphatic carbocycles. The van der Waals surface area contributed by atoms with Gasteiger partial charge >= 0.3 is 0 Å². The quantitative estimate of drug-likeness (QED) is 0.640. The summed E-state index contributed by atoms with van der Waals surface area (Å²) in [5, 5.41) is 0.657. The molecule has 6 heteroatoms. The van der Waals surface area contributed by atoms with Crippen molar-refractivity contribution in [2.75, 3.05) is 0 Å². The van der Waals surface area contributed by atoms with Crippen LogP contribution in [-0.4, -0.2) is 15.0 Å². The van der Waals surface area contributed by atoms with Crippen LogP contribution in [0, 0.1) is 0 Å². The van der Waals surface area contributed by atoms with Gasteiger partial charge in [0.25, 0.3) is 0 Å². The Morgan fingerprint density at radius 1 is 1.18 bits per heavy atom. The summed E-state index contributed by atoms with van der Waals surface area (Å²) in [6, 6.07) is 5.54. The molecule has 3 rings (SSSR count). The van der Waals surface area contributed by atoms with E-state index >= 15 is 0 Å². The van der Waals surface area contributed by atoms with E-state index < -0.39 is 0 Å². The molecule has 4 nitrogen and oxygen atoms in total. The van der Waals surface area contributed by atoms with Crippen LogP contribution in [0.4, 0.5) is 0 Å². The fraction of sp³-hybridized carbons (Fsp3) is 0.312. The van der Waals surface area contributed by atoms with E-state index in [-0.39, 0.29) is 5.41 Å². The largest absolute Gasteiger partial charge is 0.439 e. The van der Waals surface area contributed by atoms with Gasteiger partial charge in [0, 0.05) is 17.8 Å². The van der Waals surface area contributed by atoms with Gasteiger partial charge in [-0.25, -0.2) is 15.0 Å². The zero-order chi connectivity index (χ0) is 15.7. The Bertz CT molecular complexity index is 796. The van der Waals surface area contributed by atoms with Crippen LogP contribution < -0.4 is 0 Å². The Morgan fingerprint density at radius 3 is 2.59 bits per heavy atom. The summed E-state index contributed by atoms with van der Waals surface area (Å²) in [6.45, 7) is 6.22. The Morgan fingerprint density at radius 2 is 1.91 bits per heavy atom. The maximum absolute atomic E-state index is 6.34. The zero-order valence-electron chi connectivity index (χ0n) is 12.6. The lowest BCUT2D eigenvalue weighted by molar-refractivity contribution is 0.409. The van der Waals surface area contributed by atoms with Crippen molar-refractivity contribution in [2.45, 2.75) is 36.8 Å². The molecule has 0 radical (unpaired) electrons. The van der Waals surface area contributed by atoms with Crippen LogP contribution in [0.2, 0.25) is 5.02 Å². The molecule has 114 valence electrons. The van der Waals surface area contributed by atoms with Crippen molar-refractivity contribution < 1.29 is 4.42 Å². The number of aromatic nitrogens is 3. The summed E-state index contributed by atoms with van der Waals surface area (Å²) >= 11 is 7.91. The van der Waals surface area contributed by atoms with Gasteiger partial charge in [-0.1, -0.05) is 32.4 Å². The molecular weight excluding hydrogens is 318 g/mol. The average Bonchev–Trinajstić information content (AvgIpc) is 2.92. The zero-order valence-corrected chi connectivity index (χ0v) is 14.2. The minimum atomic E-state index is -0.143. The molecule has 0 aliphatic rings. The topological polar surface area (TPSA) is 51.8 Å². The van der Waals surface area contributed by atoms with E-state index in [1.54, 1.807) is 30.2 Å². The van der Waals surface area contributed by atoms with Crippen LogP contribution in [0.1, 0.15) is 32.5 Å². The van der Waals surface area contributed by atoms with E-state index in [9.17, 15) is 0 Å². The molecule has 1 aromatic carbocycles. The van der Waals surface area contributed by atoms with Crippen molar-refractivity contribution in [1.29, 1.82) is 0 Å². The van der Waals surface area contributed by atoms with E-state index in [1.165, 1.54) is 0 Å². The summed E-state index contributed by atoms with van der Waals surface area (Å²) in [4.78, 5) is 13.9. The normalized spacial score (nSPS) is 12.0. The number of oxazole rings is 1. The second-order valence-electron chi connectivity index (χ2n) is 5.95. The number of thioether (sulfide) groups is 1. The Labute approximate surface area is 138 Å². The number of nitrogens with zero attached hydrogens (tertiary/aromatic N) is 3. The number of rotatable bonds is 3. The molecule has 0 atom stereocenters. The lowest BCUT2D eigenvalue weighted by Crippen LogP contribution is -2.10. The van der Waals surface area contributed by atoms with Gasteiger partial charge in [0.1, 0.15) is 11.3 Å². The number of hydrogen-bond acceptors (Lipinski definition) is 5. The predicted octanol–water partition coefficient (Wildman–Crippen LogP) is 4.86. The molecule has 2 heterocycles. The van der Waals surface area contributed by atoms with Gasteiger partial charge in [0.15, 0.2) is 5.58 Å². The van der Waals surface area contributed by atoms with E-state index in [0.29, 0.717) is 16.7 Å². The van der Waals surface area contributed by atoms with Crippen LogP contribution in [0.5, 0.6) is 0 Å². The van der Waals surface area contributed by atoms with Crippen molar-refractivity contribution in [1.82, 2.24) is 15.0 Å². The first-order chi connectivity index (χ1) is 10.4. The van der Waals surface area contributed by atoms with Gasteiger partial charge < -0.3 is 4.42 Å². The van der Waals surface area contributed by atoms with Crippen LogP contribution in [0.3, 0.4) is 0 Å². The van der Waals surface area contributed by atoms with E-state index in [1.807, 2.05) is 12.1 Å². The molecule has 0 amide bonds. The van der Waals surface area contributed by atoms with Gasteiger partial charge in [-0.2, -0.15) is 0 Å². The Balaban J connectivity index is 1.97. The SMILES string of the molecule is CC(C)(C)c1nc2ccc(Cl)c(SCc3ncccn3)c2o1. The molecule has 2 aromatic heterocycles. The van der Waals surface area contributed by atoms with Crippen molar-refractivity contribution in [2.24, 2.45) is 0 Å². The van der Waals surface area contributed by atoms with Crippen molar-refractivity contribution in [3.05, 3.63) is 47.3 Å². The minimum absolute atomic E-state index is 0.143. The van der Waals surface area contributed by atoms with E-state index in [0.717, 1.165) is 21.8 Å². The van der Waals surface area contributed by atoms with Crippen molar-refractivity contribution in [3.63, 3.8) is 0 Å². The smallest absolute Gasteiger partial charge is 0.200 e. The number of benzene rings is 1. The molecular formula is C16H16ClN3OS. The molecule has 0 N–H and O–H groups in total. The van der Waals surface area contributed by atoms with E-state index in [2.05, 4.69) is 35.7 Å². The Kier molecular flexibility index (Phi) is 4.10. The lowest BCUT2D eigenvalue weighted by Gasteiger charge is -2.11. The molecule has 0 spiro atoms. The molecule has 0 saturated heterocycles. The first-order valence-electron chi connectivity index (χ1n) is 6.93. The van der Waals surface area contributed by atoms with Gasteiger partial charge in [-0.3, -0.25) is 0 Å². The third-order valence-electron chi connectivity index (χ3n) is 3.07. The van der Waals surface area contributed by atoms with Gasteiger partial charge in [-0.05, 0) is 18.2 Å². The lowest BCUT2D eigenvalue weighted by atomic mass is 9.97. The highest BCUT2D eigenvalue weighted by atomic mass is 35.5. The minimum Gasteiger partial charge on any atom is -0.439 e. The highest BCUT2D eigenvalue weighted by Crippen LogP contribution is 2.38. The van der Waals surface area contributed by atoms with Gasteiger partial charge in [0.2, 0.25) is 5.89 Å². The number of halogens is 1. The highest BCUT2D eigenvalue weighted by Gasteiger charge is 2.23. The van der Waals surface area contributed by atoms with Crippen LogP contribution >= 0.6 is 23.4 Å². The maximum Gasteiger partial charge on any atom is 0.200 e. The summed E-state index contributed by atoms with van der Waals surface area (Å²) < 4.78 is 5.98. The first kappa shape index (κ1) is 15.3. The summed E-state index contributed by atoms with van der Waals surface area (Å²) in [5.41, 5.74) is 1.42. The number of hydrogen-bond donors (Lipinski definition) is 0. The number of fused-ring (bicyclic) bond motifs is 1. The second kappa shape index (κ2) is 5.89. The molecule has 0 fully saturated rings. The van der Waals surface area contributed by atoms with Gasteiger partial charge in [0.05, 0.1) is 15.7 Å². The average molecular weight is 334 g/mol. The van der Waals surface area contributed by atoms with Crippen molar-refractivity contribution >= 4 is 34.5 Å². The van der Waals surface area contributed by atoms with Crippen LogP contribution in [0.25, 0.3) is 11.1 Å². The molecule has 0 bridgehead atoms. The Hall–Kier alpha value is -1.59. The maximum atomic E-state index is 6.34. The fourth-order valence-electron chi connectivity index (χ4n) is 1.94. The van der Waals surface area contributed by atoms with Gasteiger partial charge in [-0.15, -0.1) is 11.8 Å². The predicted molar refractivity (Wildman–Crippen MR) is 89.3 cm³/mol. The molecule has 0 aliphatic heterocycles. The third-order valence-corrected chi connectivity index (χ3v) is 4.59. The second-order valence-corrected chi connectivity index (χ2v) is 7.34. The standard InChI is InChI=1S/C16H16ClN3OS/c1-16(2,3)15-20-11-6-5-10(17)14(13(11)21-15)22-9-12-18-7-4-8-19-12/h4-8H,9H2,1-3H3. The first-order valence-corrected chi connectivity index (χ1v) is 8.30. The molecule has 22 heavy (non-hydrogen) atoms. The third kappa shape index (κ3) is 3.10. The molecule has 0 unspecified atom stereocenters. The van der Waals surface area contributed by atoms with Crippen molar-refractivity contribution in [3.8, 4) is 0 Å².